The number of hydrogen-bond acceptors (Lipinski definition) is 7. The molecule has 24 heteroatoms. The lowest BCUT2D eigenvalue weighted by Crippen LogP contribution is -2.13. The summed E-state index contributed by atoms with van der Waals surface area (Å²) in [4.78, 5) is 12.8. The van der Waals surface area contributed by atoms with Gasteiger partial charge in [-0.2, -0.15) is 70.8 Å². The third kappa shape index (κ3) is 7.30. The van der Waals surface area contributed by atoms with E-state index in [1.165, 1.54) is 0 Å². The molecule has 7 aromatic rings. The quantitative estimate of drug-likeness (QED) is 0.0922. The molecule has 362 valence electrons. The average molecular weight is 1030 g/mol. The standard InChI is InChI=1S/C50H10F16N8/c1-70-18-8-6-17(7-9-18)26-24(14-69)20-11-21-19(10-22(20)28(26)30(33-39(55)47(63)73-48(64)40(33)56)34-41(57)49(65)74-50(66)42(34)58)23(13-68)25(16-4-2-15(12-67)3-5-16)27(21)29(31-35(51)43(59)71-44(60)36(31)52)32-37(53)45(61)72-46(62)38(32)54/h2-11H. The molecule has 0 atom stereocenters. The van der Waals surface area contributed by atoms with Gasteiger partial charge in [0, 0.05) is 44.6 Å². The smallest absolute Gasteiger partial charge is 0.238 e. The molecule has 8 nitrogen and oxygen atoms in total. The van der Waals surface area contributed by atoms with Crippen molar-refractivity contribution in [2.24, 2.45) is 0 Å². The van der Waals surface area contributed by atoms with Gasteiger partial charge in [0.15, 0.2) is 52.2 Å². The molecule has 0 spiro atoms. The van der Waals surface area contributed by atoms with Crippen LogP contribution in [0.4, 0.5) is 75.9 Å². The lowest BCUT2D eigenvalue weighted by atomic mass is 9.83. The van der Waals surface area contributed by atoms with Crippen molar-refractivity contribution < 1.29 is 70.2 Å². The monoisotopic (exact) mass is 1030 g/mol. The molecular weight excluding hydrogens is 1020 g/mol. The van der Waals surface area contributed by atoms with Crippen molar-refractivity contribution in [3.63, 3.8) is 0 Å². The van der Waals surface area contributed by atoms with E-state index in [2.05, 4.69) is 24.8 Å². The van der Waals surface area contributed by atoms with E-state index in [0.29, 0.717) is 12.1 Å². The molecule has 0 saturated heterocycles. The Bertz CT molecular complexity index is 3560. The summed E-state index contributed by atoms with van der Waals surface area (Å²) in [5.41, 5.74) is -23.0. The summed E-state index contributed by atoms with van der Waals surface area (Å²) in [6.07, 6.45) is 0. The Hall–Kier alpha value is -9.94. The number of rotatable bonds is 6. The second-order valence-electron chi connectivity index (χ2n) is 15.3. The Labute approximate surface area is 401 Å². The highest BCUT2D eigenvalue weighted by Crippen LogP contribution is 2.58. The number of pyridine rings is 4. The van der Waals surface area contributed by atoms with Crippen LogP contribution >= 0.6 is 0 Å². The molecule has 3 aromatic carbocycles. The van der Waals surface area contributed by atoms with Crippen molar-refractivity contribution in [1.29, 1.82) is 15.8 Å². The fourth-order valence-corrected chi connectivity index (χ4v) is 8.53. The number of benzene rings is 3. The van der Waals surface area contributed by atoms with Gasteiger partial charge >= 0.3 is 0 Å². The Morgan fingerprint density at radius 3 is 0.892 bits per heavy atom. The molecule has 74 heavy (non-hydrogen) atoms. The number of aromatic nitrogens is 4. The topological polar surface area (TPSA) is 127 Å². The molecule has 2 aliphatic rings. The average Bonchev–Trinajstić information content (AvgIpc) is 3.88. The van der Waals surface area contributed by atoms with Crippen LogP contribution in [0.15, 0.2) is 60.7 Å². The first kappa shape index (κ1) is 49.1. The number of nitrogens with zero attached hydrogens (tertiary/aromatic N) is 8. The van der Waals surface area contributed by atoms with E-state index < -0.39 is 194 Å². The maximum atomic E-state index is 16.3. The summed E-state index contributed by atoms with van der Waals surface area (Å²) in [5, 5.41) is 31.5. The van der Waals surface area contributed by atoms with Gasteiger partial charge in [0.2, 0.25) is 0 Å². The molecular formula is C50H10F16N8. The highest BCUT2D eigenvalue weighted by molar-refractivity contribution is 6.34. The van der Waals surface area contributed by atoms with Crippen LogP contribution in [0.25, 0.3) is 49.4 Å². The van der Waals surface area contributed by atoms with Crippen LogP contribution in [-0.2, 0) is 0 Å². The van der Waals surface area contributed by atoms with Crippen LogP contribution in [0.3, 0.4) is 0 Å². The van der Waals surface area contributed by atoms with Gasteiger partial charge in [-0.1, -0.05) is 36.4 Å². The number of halogens is 16. The van der Waals surface area contributed by atoms with Crippen molar-refractivity contribution in [3.8, 4) is 18.2 Å². The summed E-state index contributed by atoms with van der Waals surface area (Å²) >= 11 is 0. The molecule has 2 aliphatic carbocycles. The third-order valence-corrected chi connectivity index (χ3v) is 11.5. The molecule has 0 fully saturated rings. The predicted octanol–water partition coefficient (Wildman–Crippen LogP) is 12.7. The van der Waals surface area contributed by atoms with E-state index in [1.807, 2.05) is 0 Å². The fourth-order valence-electron chi connectivity index (χ4n) is 8.53. The second kappa shape index (κ2) is 18.0. The zero-order valence-electron chi connectivity index (χ0n) is 35.4. The van der Waals surface area contributed by atoms with Crippen LogP contribution < -0.4 is 0 Å². The first-order valence-electron chi connectivity index (χ1n) is 20.0. The van der Waals surface area contributed by atoms with Crippen LogP contribution in [0.2, 0.25) is 0 Å². The number of fused-ring (bicyclic) bond motifs is 2. The van der Waals surface area contributed by atoms with Gasteiger partial charge in [-0.05, 0) is 46.5 Å². The molecule has 4 aromatic heterocycles. The Morgan fingerprint density at radius 1 is 0.378 bits per heavy atom. The van der Waals surface area contributed by atoms with Crippen molar-refractivity contribution in [1.82, 2.24) is 19.9 Å². The molecule has 0 bridgehead atoms. The highest BCUT2D eigenvalue weighted by Gasteiger charge is 2.43. The fraction of sp³-hybridized carbons (Fsp3) is 0. The molecule has 4 heterocycles. The third-order valence-electron chi connectivity index (χ3n) is 11.5. The first-order valence-corrected chi connectivity index (χ1v) is 20.0. The maximum Gasteiger partial charge on any atom is 0.252 e. The number of allylic oxidation sites excluding steroid dienone is 6. The molecule has 9 rings (SSSR count). The predicted molar refractivity (Wildman–Crippen MR) is 223 cm³/mol. The lowest BCUT2D eigenvalue weighted by Gasteiger charge is -2.21. The summed E-state index contributed by atoms with van der Waals surface area (Å²) in [5.74, 6) is -41.1. The Balaban J connectivity index is 1.60. The summed E-state index contributed by atoms with van der Waals surface area (Å²) in [6, 6.07) is 14.2. The molecule has 0 radical (unpaired) electrons. The van der Waals surface area contributed by atoms with Crippen molar-refractivity contribution >= 4 is 50.3 Å². The van der Waals surface area contributed by atoms with E-state index in [9.17, 15) is 15.8 Å². The number of hydrogen-bond donors (Lipinski definition) is 0. The molecule has 0 amide bonds. The van der Waals surface area contributed by atoms with Crippen LogP contribution in [-0.4, -0.2) is 19.9 Å². The lowest BCUT2D eigenvalue weighted by molar-refractivity contribution is 0.398. The largest absolute Gasteiger partial charge is 0.252 e. The van der Waals surface area contributed by atoms with Crippen molar-refractivity contribution in [3.05, 3.63) is 227 Å². The number of nitriles is 3. The van der Waals surface area contributed by atoms with E-state index in [4.69, 9.17) is 6.57 Å². The minimum atomic E-state index is -2.60. The molecule has 0 saturated carbocycles. The normalized spacial score (nSPS) is 12.6. The van der Waals surface area contributed by atoms with E-state index >= 15 is 70.2 Å². The van der Waals surface area contributed by atoms with E-state index in [1.54, 1.807) is 18.2 Å². The van der Waals surface area contributed by atoms with E-state index in [-0.39, 0.29) is 11.3 Å². The van der Waals surface area contributed by atoms with Crippen molar-refractivity contribution in [2.45, 2.75) is 0 Å². The van der Waals surface area contributed by atoms with Gasteiger partial charge in [-0.25, -0.2) is 40.0 Å². The highest BCUT2D eigenvalue weighted by atomic mass is 19.2. The first-order chi connectivity index (χ1) is 35.2. The Morgan fingerprint density at radius 2 is 0.649 bits per heavy atom. The molecule has 0 aliphatic heterocycles. The zero-order valence-corrected chi connectivity index (χ0v) is 35.4. The molecule has 0 N–H and O–H groups in total. The van der Waals surface area contributed by atoms with Crippen LogP contribution in [0.5, 0.6) is 0 Å². The van der Waals surface area contributed by atoms with Crippen LogP contribution in [0.1, 0.15) is 61.2 Å². The Kier molecular flexibility index (Phi) is 12.0. The SMILES string of the molecule is [C-]#[N+]c1ccc(C2=C(C#N)c3cc4c(cc3C2=C(c2c(F)c(F)nc(F)c2F)c2c(F)c(F)nc(F)c2F)C(C#N)=C(c2ccc(C#N)cc2)C4=C(c2c(F)c(F)nc(F)c2F)c2c(F)c(F)nc(F)c2F)cc1. The van der Waals surface area contributed by atoms with Crippen molar-refractivity contribution in [2.75, 3.05) is 0 Å². The minimum absolute atomic E-state index is 0.159. The summed E-state index contributed by atoms with van der Waals surface area (Å²) in [7, 11) is 0. The van der Waals surface area contributed by atoms with E-state index in [0.717, 1.165) is 48.5 Å². The van der Waals surface area contributed by atoms with Gasteiger partial charge in [0.25, 0.3) is 47.6 Å². The maximum absolute atomic E-state index is 16.3. The van der Waals surface area contributed by atoms with Gasteiger partial charge in [0.05, 0.1) is 51.6 Å². The second-order valence-corrected chi connectivity index (χ2v) is 15.3. The van der Waals surface area contributed by atoms with Gasteiger partial charge in [0.1, 0.15) is 12.1 Å². The summed E-state index contributed by atoms with van der Waals surface area (Å²) < 4.78 is 252. The van der Waals surface area contributed by atoms with Crippen LogP contribution in [0, 0.1) is 135 Å². The van der Waals surface area contributed by atoms with Gasteiger partial charge in [-0.3, -0.25) is 0 Å². The zero-order chi connectivity index (χ0) is 53.5. The minimum Gasteiger partial charge on any atom is -0.238 e. The molecule has 0 unspecified atom stereocenters. The van der Waals surface area contributed by atoms with Gasteiger partial charge < -0.3 is 0 Å². The summed E-state index contributed by atoms with van der Waals surface area (Å²) in [6.45, 7) is 7.40. The van der Waals surface area contributed by atoms with Gasteiger partial charge in [-0.15, -0.1) is 0 Å².